The number of rotatable bonds is 3. The van der Waals surface area contributed by atoms with E-state index in [1.54, 1.807) is 4.68 Å². The van der Waals surface area contributed by atoms with Gasteiger partial charge in [-0.3, -0.25) is 9.52 Å². The Morgan fingerprint density at radius 1 is 1.73 bits per heavy atom. The topological polar surface area (TPSA) is 53.1 Å². The molecule has 0 saturated carbocycles. The number of hydrogen-bond donors (Lipinski definition) is 1. The first kappa shape index (κ1) is 8.23. The third-order valence-electron chi connectivity index (χ3n) is 1.62. The Labute approximate surface area is 65.9 Å². The van der Waals surface area contributed by atoms with Gasteiger partial charge in [-0.2, -0.15) is 5.10 Å². The average molecular weight is 155 g/mol. The molecule has 0 amide bonds. The van der Waals surface area contributed by atoms with Crippen LogP contribution in [0.4, 0.5) is 0 Å². The molecule has 1 rings (SSSR count). The van der Waals surface area contributed by atoms with E-state index in [2.05, 4.69) is 16.9 Å². The van der Waals surface area contributed by atoms with Gasteiger partial charge in [-0.1, -0.05) is 6.92 Å². The minimum absolute atomic E-state index is 0.420. The van der Waals surface area contributed by atoms with E-state index >= 15 is 0 Å². The van der Waals surface area contributed by atoms with Crippen LogP contribution in [0.3, 0.4) is 0 Å². The normalized spacial score (nSPS) is 10.5. The van der Waals surface area contributed by atoms with Crippen molar-refractivity contribution in [1.29, 1.82) is 0 Å². The molecule has 2 N–H and O–H groups in total. The van der Waals surface area contributed by atoms with Gasteiger partial charge in [0, 0.05) is 7.05 Å². The fourth-order valence-corrected chi connectivity index (χ4v) is 0.965. The highest BCUT2D eigenvalue weighted by atomic mass is 16.6. The Morgan fingerprint density at radius 3 is 2.91 bits per heavy atom. The zero-order chi connectivity index (χ0) is 8.27. The smallest absolute Gasteiger partial charge is 0.110 e. The number of nitrogens with two attached hydrogens (primary N) is 1. The van der Waals surface area contributed by atoms with Crippen LogP contribution in [0.1, 0.15) is 18.3 Å². The Balaban J connectivity index is 2.79. The van der Waals surface area contributed by atoms with Crippen molar-refractivity contribution in [3.05, 3.63) is 17.5 Å². The van der Waals surface area contributed by atoms with Crippen LogP contribution in [0.25, 0.3) is 0 Å². The molecule has 1 aromatic heterocycles. The first-order valence-electron chi connectivity index (χ1n) is 3.61. The van der Waals surface area contributed by atoms with Crippen molar-refractivity contribution in [1.82, 2.24) is 9.78 Å². The molecule has 1 heterocycles. The molecule has 0 aliphatic rings. The lowest BCUT2D eigenvalue weighted by Gasteiger charge is -1.96. The molecule has 0 spiro atoms. The van der Waals surface area contributed by atoms with Gasteiger partial charge in [-0.25, -0.2) is 5.90 Å². The van der Waals surface area contributed by atoms with Gasteiger partial charge in [-0.15, -0.1) is 0 Å². The van der Waals surface area contributed by atoms with Crippen LogP contribution in [0.5, 0.6) is 0 Å². The highest BCUT2D eigenvalue weighted by Crippen LogP contribution is 2.03. The van der Waals surface area contributed by atoms with Crippen LogP contribution in [-0.2, 0) is 24.9 Å². The first-order valence-corrected chi connectivity index (χ1v) is 3.61. The van der Waals surface area contributed by atoms with Crippen LogP contribution >= 0.6 is 0 Å². The second-order valence-corrected chi connectivity index (χ2v) is 2.42. The van der Waals surface area contributed by atoms with Crippen molar-refractivity contribution in [3.63, 3.8) is 0 Å². The fraction of sp³-hybridized carbons (Fsp3) is 0.571. The van der Waals surface area contributed by atoms with Crippen LogP contribution in [0.15, 0.2) is 6.07 Å². The van der Waals surface area contributed by atoms with Crippen molar-refractivity contribution in [2.45, 2.75) is 20.0 Å². The quantitative estimate of drug-likeness (QED) is 0.642. The van der Waals surface area contributed by atoms with E-state index in [9.17, 15) is 0 Å². The summed E-state index contributed by atoms with van der Waals surface area (Å²) in [5.74, 6) is 4.94. The van der Waals surface area contributed by atoms with E-state index < -0.39 is 0 Å². The van der Waals surface area contributed by atoms with E-state index in [1.807, 2.05) is 13.1 Å². The minimum atomic E-state index is 0.420. The van der Waals surface area contributed by atoms with Gasteiger partial charge in [0.05, 0.1) is 11.4 Å². The van der Waals surface area contributed by atoms with Crippen LogP contribution in [0.2, 0.25) is 0 Å². The lowest BCUT2D eigenvalue weighted by atomic mass is 10.3. The maximum Gasteiger partial charge on any atom is 0.110 e. The maximum absolute atomic E-state index is 4.94. The fourth-order valence-electron chi connectivity index (χ4n) is 0.965. The highest BCUT2D eigenvalue weighted by molar-refractivity contribution is 5.08. The summed E-state index contributed by atoms with van der Waals surface area (Å²) in [5, 5.41) is 4.23. The Hall–Kier alpha value is -0.870. The van der Waals surface area contributed by atoms with Crippen LogP contribution < -0.4 is 5.90 Å². The van der Waals surface area contributed by atoms with Crippen LogP contribution in [-0.4, -0.2) is 9.78 Å². The molecule has 1 aromatic rings. The van der Waals surface area contributed by atoms with Gasteiger partial charge < -0.3 is 0 Å². The summed E-state index contributed by atoms with van der Waals surface area (Å²) in [4.78, 5) is 4.51. The van der Waals surface area contributed by atoms with Gasteiger partial charge in [0.2, 0.25) is 0 Å². The second-order valence-electron chi connectivity index (χ2n) is 2.42. The monoisotopic (exact) mass is 155 g/mol. The van der Waals surface area contributed by atoms with Gasteiger partial charge >= 0.3 is 0 Å². The standard InChI is InChI=1S/C7H13N3O/c1-3-6-4-7(5-11-8)10(2)9-6/h4H,3,5,8H2,1-2H3. The van der Waals surface area contributed by atoms with E-state index in [-0.39, 0.29) is 0 Å². The summed E-state index contributed by atoms with van der Waals surface area (Å²) in [5.41, 5.74) is 2.07. The molecule has 0 aromatic carbocycles. The number of hydrogen-bond acceptors (Lipinski definition) is 3. The largest absolute Gasteiger partial charge is 0.298 e. The van der Waals surface area contributed by atoms with E-state index in [1.165, 1.54) is 0 Å². The molecule has 0 saturated heterocycles. The molecule has 4 nitrogen and oxygen atoms in total. The molecule has 0 fully saturated rings. The highest BCUT2D eigenvalue weighted by Gasteiger charge is 2.01. The summed E-state index contributed by atoms with van der Waals surface area (Å²) in [7, 11) is 1.88. The molecule has 62 valence electrons. The maximum atomic E-state index is 4.94. The van der Waals surface area contributed by atoms with Crippen molar-refractivity contribution >= 4 is 0 Å². The molecule has 0 bridgehead atoms. The molecule has 0 aliphatic heterocycles. The SMILES string of the molecule is CCc1cc(CON)n(C)n1. The molecule has 0 aliphatic carbocycles. The molecule has 0 unspecified atom stereocenters. The summed E-state index contributed by atoms with van der Waals surface area (Å²) in [6.45, 7) is 2.49. The molecular weight excluding hydrogens is 142 g/mol. The lowest BCUT2D eigenvalue weighted by Crippen LogP contribution is -2.04. The zero-order valence-corrected chi connectivity index (χ0v) is 6.87. The van der Waals surface area contributed by atoms with E-state index in [0.717, 1.165) is 17.8 Å². The summed E-state index contributed by atoms with van der Waals surface area (Å²) in [6.07, 6.45) is 0.943. The summed E-state index contributed by atoms with van der Waals surface area (Å²) < 4.78 is 1.78. The minimum Gasteiger partial charge on any atom is -0.298 e. The van der Waals surface area contributed by atoms with E-state index in [4.69, 9.17) is 5.90 Å². The number of aromatic nitrogens is 2. The molecule has 11 heavy (non-hydrogen) atoms. The lowest BCUT2D eigenvalue weighted by molar-refractivity contribution is 0.118. The molecule has 0 radical (unpaired) electrons. The van der Waals surface area contributed by atoms with Gasteiger partial charge in [0.25, 0.3) is 0 Å². The average Bonchev–Trinajstić information content (AvgIpc) is 2.33. The van der Waals surface area contributed by atoms with Gasteiger partial charge in [-0.05, 0) is 12.5 Å². The second kappa shape index (κ2) is 3.50. The third-order valence-corrected chi connectivity index (χ3v) is 1.62. The number of aryl methyl sites for hydroxylation is 2. The molecule has 0 atom stereocenters. The predicted molar refractivity (Wildman–Crippen MR) is 41.6 cm³/mol. The summed E-state index contributed by atoms with van der Waals surface area (Å²) in [6, 6.07) is 1.99. The summed E-state index contributed by atoms with van der Waals surface area (Å²) >= 11 is 0. The van der Waals surface area contributed by atoms with Crippen molar-refractivity contribution in [3.8, 4) is 0 Å². The van der Waals surface area contributed by atoms with Gasteiger partial charge in [0.1, 0.15) is 6.61 Å². The zero-order valence-electron chi connectivity index (χ0n) is 6.87. The Kier molecular flexibility index (Phi) is 2.62. The molecule has 4 heteroatoms. The molecular formula is C7H13N3O. The van der Waals surface area contributed by atoms with Crippen molar-refractivity contribution < 1.29 is 4.84 Å². The Bertz CT molecular complexity index is 232. The van der Waals surface area contributed by atoms with Crippen LogP contribution in [0, 0.1) is 0 Å². The van der Waals surface area contributed by atoms with Crippen molar-refractivity contribution in [2.24, 2.45) is 12.9 Å². The Morgan fingerprint density at radius 2 is 2.45 bits per heavy atom. The van der Waals surface area contributed by atoms with Crippen molar-refractivity contribution in [2.75, 3.05) is 0 Å². The number of nitrogens with zero attached hydrogens (tertiary/aromatic N) is 2. The third kappa shape index (κ3) is 1.78. The van der Waals surface area contributed by atoms with E-state index in [0.29, 0.717) is 6.61 Å². The van der Waals surface area contributed by atoms with Gasteiger partial charge in [0.15, 0.2) is 0 Å². The first-order chi connectivity index (χ1) is 5.27. The predicted octanol–water partition coefficient (Wildman–Crippen LogP) is 0.373.